The van der Waals surface area contributed by atoms with Crippen LogP contribution in [0.2, 0.25) is 0 Å². The summed E-state index contributed by atoms with van der Waals surface area (Å²) in [5, 5.41) is 7.32. The summed E-state index contributed by atoms with van der Waals surface area (Å²) < 4.78 is 54.1. The molecule has 1 atom stereocenters. The number of amides is 1. The fraction of sp³-hybridized carbons (Fsp3) is 0.125. The molecular weight excluding hydrogens is 370 g/mol. The van der Waals surface area contributed by atoms with Crippen LogP contribution < -0.4 is 10.5 Å². The van der Waals surface area contributed by atoms with Gasteiger partial charge in [0.05, 0.1) is 4.90 Å². The Labute approximate surface area is 147 Å². The summed E-state index contributed by atoms with van der Waals surface area (Å²) in [5.74, 6) is -4.33. The summed E-state index contributed by atoms with van der Waals surface area (Å²) in [6, 6.07) is 7.77. The van der Waals surface area contributed by atoms with E-state index in [1.807, 2.05) is 0 Å². The molecule has 0 aliphatic rings. The Morgan fingerprint density at radius 1 is 1.08 bits per heavy atom. The molecule has 0 unspecified atom stereocenters. The molecule has 2 aromatic carbocycles. The third kappa shape index (κ3) is 4.61. The summed E-state index contributed by atoms with van der Waals surface area (Å²) in [4.78, 5) is 23.7. The van der Waals surface area contributed by atoms with Crippen molar-refractivity contribution >= 4 is 27.6 Å². The highest BCUT2D eigenvalue weighted by Gasteiger charge is 2.24. The van der Waals surface area contributed by atoms with Crippen LogP contribution in [0, 0.1) is 11.6 Å². The number of nitrogens with one attached hydrogen (secondary N) is 1. The summed E-state index contributed by atoms with van der Waals surface area (Å²) in [6.45, 7) is 1.21. The minimum Gasteiger partial charge on any atom is -0.449 e. The first-order valence-corrected chi connectivity index (χ1v) is 8.73. The normalized spacial score (nSPS) is 12.3. The van der Waals surface area contributed by atoms with Gasteiger partial charge in [0.15, 0.2) is 6.10 Å². The topological polar surface area (TPSA) is 116 Å². The van der Waals surface area contributed by atoms with Crippen molar-refractivity contribution in [1.29, 1.82) is 0 Å². The highest BCUT2D eigenvalue weighted by Crippen LogP contribution is 2.16. The molecule has 2 rings (SSSR count). The van der Waals surface area contributed by atoms with Crippen LogP contribution in [0.25, 0.3) is 0 Å². The fourth-order valence-electron chi connectivity index (χ4n) is 1.94. The number of rotatable bonds is 5. The molecule has 26 heavy (non-hydrogen) atoms. The Morgan fingerprint density at radius 2 is 1.62 bits per heavy atom. The quantitative estimate of drug-likeness (QED) is 0.763. The number of carbonyl (C=O) groups excluding carboxylic acids is 2. The Balaban J connectivity index is 2.05. The molecule has 7 nitrogen and oxygen atoms in total. The van der Waals surface area contributed by atoms with Gasteiger partial charge in [-0.25, -0.2) is 27.1 Å². The van der Waals surface area contributed by atoms with E-state index in [2.05, 4.69) is 5.32 Å². The molecule has 0 radical (unpaired) electrons. The SMILES string of the molecule is C[C@H](OC(=O)c1c(F)cccc1F)C(=O)Nc1ccc(S(N)(=O)=O)cc1. The summed E-state index contributed by atoms with van der Waals surface area (Å²) in [5.41, 5.74) is -0.688. The van der Waals surface area contributed by atoms with Gasteiger partial charge in [-0.3, -0.25) is 4.79 Å². The molecule has 0 bridgehead atoms. The molecule has 1 amide bonds. The lowest BCUT2D eigenvalue weighted by Crippen LogP contribution is -2.30. The highest BCUT2D eigenvalue weighted by atomic mass is 32.2. The second-order valence-electron chi connectivity index (χ2n) is 5.20. The van der Waals surface area contributed by atoms with Crippen LogP contribution in [0.3, 0.4) is 0 Å². The molecule has 10 heteroatoms. The number of nitrogens with two attached hydrogens (primary N) is 1. The van der Waals surface area contributed by atoms with E-state index >= 15 is 0 Å². The van der Waals surface area contributed by atoms with E-state index in [-0.39, 0.29) is 10.6 Å². The molecule has 0 saturated heterocycles. The Morgan fingerprint density at radius 3 is 2.12 bits per heavy atom. The molecule has 0 saturated carbocycles. The number of benzene rings is 2. The molecule has 0 aromatic heterocycles. The monoisotopic (exact) mass is 384 g/mol. The fourth-order valence-corrected chi connectivity index (χ4v) is 2.45. The number of halogens is 2. The lowest BCUT2D eigenvalue weighted by atomic mass is 10.2. The van der Waals surface area contributed by atoms with Gasteiger partial charge in [-0.1, -0.05) is 6.07 Å². The summed E-state index contributed by atoms with van der Waals surface area (Å²) in [7, 11) is -3.87. The third-order valence-electron chi connectivity index (χ3n) is 3.27. The Kier molecular flexibility index (Phi) is 5.68. The van der Waals surface area contributed by atoms with Crippen LogP contribution >= 0.6 is 0 Å². The largest absolute Gasteiger partial charge is 0.449 e. The first-order chi connectivity index (χ1) is 12.1. The van der Waals surface area contributed by atoms with Crippen LogP contribution in [-0.4, -0.2) is 26.4 Å². The van der Waals surface area contributed by atoms with E-state index in [1.54, 1.807) is 0 Å². The maximum absolute atomic E-state index is 13.5. The average molecular weight is 384 g/mol. The van der Waals surface area contributed by atoms with Gasteiger partial charge < -0.3 is 10.1 Å². The summed E-state index contributed by atoms with van der Waals surface area (Å²) in [6.07, 6.45) is -1.36. The van der Waals surface area contributed by atoms with Gasteiger partial charge in [0, 0.05) is 5.69 Å². The third-order valence-corrected chi connectivity index (χ3v) is 4.20. The van der Waals surface area contributed by atoms with Crippen molar-refractivity contribution in [2.75, 3.05) is 5.32 Å². The first-order valence-electron chi connectivity index (χ1n) is 7.18. The van der Waals surface area contributed by atoms with Crippen molar-refractivity contribution in [2.24, 2.45) is 5.14 Å². The smallest absolute Gasteiger partial charge is 0.344 e. The first kappa shape index (κ1) is 19.5. The zero-order valence-electron chi connectivity index (χ0n) is 13.4. The van der Waals surface area contributed by atoms with Crippen LogP contribution in [0.15, 0.2) is 47.4 Å². The van der Waals surface area contributed by atoms with Crippen molar-refractivity contribution in [2.45, 2.75) is 17.9 Å². The number of hydrogen-bond acceptors (Lipinski definition) is 5. The molecule has 0 aliphatic carbocycles. The maximum atomic E-state index is 13.5. The van der Waals surface area contributed by atoms with Crippen molar-refractivity contribution < 1.29 is 31.5 Å². The van der Waals surface area contributed by atoms with E-state index in [0.29, 0.717) is 0 Å². The lowest BCUT2D eigenvalue weighted by Gasteiger charge is -2.14. The highest BCUT2D eigenvalue weighted by molar-refractivity contribution is 7.89. The molecule has 3 N–H and O–H groups in total. The predicted octanol–water partition coefficient (Wildman–Crippen LogP) is 1.80. The van der Waals surface area contributed by atoms with Crippen molar-refractivity contribution in [3.05, 3.63) is 59.7 Å². The van der Waals surface area contributed by atoms with E-state index in [1.165, 1.54) is 31.2 Å². The minimum absolute atomic E-state index is 0.148. The number of anilines is 1. The zero-order valence-corrected chi connectivity index (χ0v) is 14.2. The molecule has 0 spiro atoms. The van der Waals surface area contributed by atoms with Gasteiger partial charge in [-0.05, 0) is 43.3 Å². The molecule has 2 aromatic rings. The van der Waals surface area contributed by atoms with Crippen LogP contribution in [0.4, 0.5) is 14.5 Å². The van der Waals surface area contributed by atoms with Crippen LogP contribution in [0.5, 0.6) is 0 Å². The van der Waals surface area contributed by atoms with Gasteiger partial charge in [0.1, 0.15) is 17.2 Å². The standard InChI is InChI=1S/C16H14F2N2O5S/c1-9(25-16(22)14-12(17)3-2-4-13(14)18)15(21)20-10-5-7-11(8-6-10)26(19,23)24/h2-9H,1H3,(H,20,21)(H2,19,23,24)/t9-/m0/s1. The van der Waals surface area contributed by atoms with E-state index in [0.717, 1.165) is 18.2 Å². The maximum Gasteiger partial charge on any atom is 0.344 e. The summed E-state index contributed by atoms with van der Waals surface area (Å²) >= 11 is 0. The van der Waals surface area contributed by atoms with Crippen molar-refractivity contribution in [3.8, 4) is 0 Å². The lowest BCUT2D eigenvalue weighted by molar-refractivity contribution is -0.123. The van der Waals surface area contributed by atoms with Crippen LogP contribution in [-0.2, 0) is 19.6 Å². The Bertz CT molecular complexity index is 925. The molecule has 0 fully saturated rings. The number of ether oxygens (including phenoxy) is 1. The number of hydrogen-bond donors (Lipinski definition) is 2. The van der Waals surface area contributed by atoms with Crippen LogP contribution in [0.1, 0.15) is 17.3 Å². The second kappa shape index (κ2) is 7.58. The second-order valence-corrected chi connectivity index (χ2v) is 6.76. The molecule has 0 heterocycles. The number of sulfonamides is 1. The Hall–Kier alpha value is -2.85. The number of esters is 1. The zero-order chi connectivity index (χ0) is 19.5. The van der Waals surface area contributed by atoms with Gasteiger partial charge in [-0.15, -0.1) is 0 Å². The molecule has 138 valence electrons. The van der Waals surface area contributed by atoms with Crippen molar-refractivity contribution in [1.82, 2.24) is 0 Å². The van der Waals surface area contributed by atoms with E-state index in [4.69, 9.17) is 9.88 Å². The van der Waals surface area contributed by atoms with Crippen molar-refractivity contribution in [3.63, 3.8) is 0 Å². The number of primary sulfonamides is 1. The van der Waals surface area contributed by atoms with Gasteiger partial charge >= 0.3 is 5.97 Å². The number of carbonyl (C=O) groups is 2. The molecular formula is C16H14F2N2O5S. The van der Waals surface area contributed by atoms with Gasteiger partial charge in [0.2, 0.25) is 10.0 Å². The molecule has 0 aliphatic heterocycles. The average Bonchev–Trinajstić information content (AvgIpc) is 2.54. The predicted molar refractivity (Wildman–Crippen MR) is 87.7 cm³/mol. The van der Waals surface area contributed by atoms with Gasteiger partial charge in [0.25, 0.3) is 5.91 Å². The van der Waals surface area contributed by atoms with Gasteiger partial charge in [-0.2, -0.15) is 0 Å². The van der Waals surface area contributed by atoms with E-state index < -0.39 is 45.2 Å². The minimum atomic E-state index is -3.87. The van der Waals surface area contributed by atoms with E-state index in [9.17, 15) is 26.8 Å².